The van der Waals surface area contributed by atoms with Gasteiger partial charge in [-0.3, -0.25) is 4.72 Å². The van der Waals surface area contributed by atoms with Crippen LogP contribution in [0.3, 0.4) is 0 Å². The molecule has 0 radical (unpaired) electrons. The quantitative estimate of drug-likeness (QED) is 0.478. The van der Waals surface area contributed by atoms with Crippen molar-refractivity contribution in [3.63, 3.8) is 0 Å². The van der Waals surface area contributed by atoms with E-state index in [1.165, 1.54) is 0 Å². The van der Waals surface area contributed by atoms with Crippen LogP contribution in [0.15, 0.2) is 30.3 Å². The lowest BCUT2D eigenvalue weighted by molar-refractivity contribution is 0.0332. The van der Waals surface area contributed by atoms with Crippen LogP contribution < -0.4 is 10.2 Å². The molecule has 14 heavy (non-hydrogen) atoms. The summed E-state index contributed by atoms with van der Waals surface area (Å²) in [7, 11) is 0. The van der Waals surface area contributed by atoms with Crippen molar-refractivity contribution in [3.8, 4) is 0 Å². The molecule has 0 spiro atoms. The van der Waals surface area contributed by atoms with Gasteiger partial charge in [0.25, 0.3) is 0 Å². The van der Waals surface area contributed by atoms with Crippen molar-refractivity contribution in [2.75, 3.05) is 0 Å². The summed E-state index contributed by atoms with van der Waals surface area (Å²) in [6.07, 6.45) is 0. The summed E-state index contributed by atoms with van der Waals surface area (Å²) in [5.41, 5.74) is 2.21. The summed E-state index contributed by atoms with van der Waals surface area (Å²) in [6.45, 7) is 0. The van der Waals surface area contributed by atoms with Crippen LogP contribution in [0.5, 0.6) is 0 Å². The Balaban J connectivity index is 2.48. The van der Waals surface area contributed by atoms with Crippen LogP contribution >= 0.6 is 12.8 Å². The molecule has 2 amide bonds. The molecule has 0 saturated heterocycles. The maximum atomic E-state index is 11.2. The number of benzene rings is 1. The van der Waals surface area contributed by atoms with E-state index in [0.29, 0.717) is 5.56 Å². The molecule has 1 rings (SSSR count). The zero-order chi connectivity index (χ0) is 10.4. The molecule has 2 N–H and O–H groups in total. The number of hydrogen-bond acceptors (Lipinski definition) is 4. The minimum absolute atomic E-state index is 0.354. The van der Waals surface area contributed by atoms with Gasteiger partial charge in [0.2, 0.25) is 0 Å². The molecule has 0 unspecified atom stereocenters. The van der Waals surface area contributed by atoms with E-state index >= 15 is 0 Å². The second-order valence-electron chi connectivity index (χ2n) is 2.30. The topological polar surface area (TPSA) is 67.4 Å². The van der Waals surface area contributed by atoms with E-state index in [9.17, 15) is 9.59 Å². The third-order valence-electron chi connectivity index (χ3n) is 1.35. The molecule has 0 aliphatic rings. The van der Waals surface area contributed by atoms with Gasteiger partial charge in [0.1, 0.15) is 0 Å². The van der Waals surface area contributed by atoms with Crippen molar-refractivity contribution in [3.05, 3.63) is 35.9 Å². The molecule has 0 aliphatic heterocycles. The first-order valence-electron chi connectivity index (χ1n) is 3.70. The second kappa shape index (κ2) is 5.13. The van der Waals surface area contributed by atoms with Crippen LogP contribution in [-0.4, -0.2) is 12.0 Å². The first kappa shape index (κ1) is 10.4. The smallest absolute Gasteiger partial charge is 0.334 e. The van der Waals surface area contributed by atoms with E-state index in [4.69, 9.17) is 0 Å². The highest BCUT2D eigenvalue weighted by atomic mass is 32.1. The number of amides is 2. The molecule has 0 aliphatic carbocycles. The number of carbonyl (C=O) groups excluding carboxylic acids is 2. The van der Waals surface area contributed by atoms with Gasteiger partial charge in [-0.15, -0.1) is 0 Å². The van der Waals surface area contributed by atoms with E-state index in [2.05, 4.69) is 17.7 Å². The molecular formula is C8H8N2O3S. The van der Waals surface area contributed by atoms with Crippen LogP contribution in [-0.2, 0) is 4.84 Å². The SMILES string of the molecule is O=C(NS)NOC(=O)c1ccccc1. The predicted octanol–water partition coefficient (Wildman–Crippen LogP) is 0.902. The van der Waals surface area contributed by atoms with Crippen molar-refractivity contribution in [2.24, 2.45) is 0 Å². The summed E-state index contributed by atoms with van der Waals surface area (Å²) < 4.78 is 1.94. The molecule has 1 aromatic rings. The van der Waals surface area contributed by atoms with Gasteiger partial charge in [-0.1, -0.05) is 31.0 Å². The Morgan fingerprint density at radius 3 is 2.43 bits per heavy atom. The second-order valence-corrected chi connectivity index (χ2v) is 2.52. The standard InChI is InChI=1S/C8H8N2O3S/c11-7(13-9-8(12)10-14)6-4-2-1-3-5-6/h1-5,14H,(H2,9,10,12). The number of nitrogens with one attached hydrogen (secondary N) is 2. The first-order chi connectivity index (χ1) is 6.74. The van der Waals surface area contributed by atoms with Gasteiger partial charge >= 0.3 is 12.0 Å². The van der Waals surface area contributed by atoms with Gasteiger partial charge in [0.15, 0.2) is 0 Å². The van der Waals surface area contributed by atoms with Crippen molar-refractivity contribution < 1.29 is 14.4 Å². The number of thiol groups is 1. The highest BCUT2D eigenvalue weighted by molar-refractivity contribution is 7.78. The lowest BCUT2D eigenvalue weighted by atomic mass is 10.2. The molecule has 0 heterocycles. The Kier molecular flexibility index (Phi) is 3.81. The molecule has 0 fully saturated rings. The van der Waals surface area contributed by atoms with Crippen LogP contribution in [0, 0.1) is 0 Å². The molecule has 0 atom stereocenters. The lowest BCUT2D eigenvalue weighted by Crippen LogP contribution is -2.32. The summed E-state index contributed by atoms with van der Waals surface area (Å²) >= 11 is 3.45. The Morgan fingerprint density at radius 1 is 1.21 bits per heavy atom. The maximum absolute atomic E-state index is 11.2. The van der Waals surface area contributed by atoms with Gasteiger partial charge in [-0.25, -0.2) is 9.59 Å². The third-order valence-corrected chi connectivity index (χ3v) is 1.55. The molecular weight excluding hydrogens is 204 g/mol. The lowest BCUT2D eigenvalue weighted by Gasteiger charge is -2.03. The van der Waals surface area contributed by atoms with Gasteiger partial charge in [-0.05, 0) is 12.1 Å². The van der Waals surface area contributed by atoms with Crippen molar-refractivity contribution in [1.29, 1.82) is 0 Å². The number of hydrogen-bond donors (Lipinski definition) is 3. The van der Waals surface area contributed by atoms with Crippen molar-refractivity contribution in [1.82, 2.24) is 10.2 Å². The number of rotatable bonds is 1. The van der Waals surface area contributed by atoms with E-state index in [-0.39, 0.29) is 0 Å². The molecule has 0 aromatic heterocycles. The zero-order valence-electron chi connectivity index (χ0n) is 7.06. The minimum Gasteiger partial charge on any atom is -0.334 e. The van der Waals surface area contributed by atoms with Crippen LogP contribution in [0.25, 0.3) is 0 Å². The fourth-order valence-electron chi connectivity index (χ4n) is 0.749. The number of hydroxylamine groups is 1. The van der Waals surface area contributed by atoms with Gasteiger partial charge in [-0.2, -0.15) is 5.48 Å². The van der Waals surface area contributed by atoms with E-state index in [0.717, 1.165) is 0 Å². The molecule has 0 saturated carbocycles. The molecule has 74 valence electrons. The van der Waals surface area contributed by atoms with Gasteiger partial charge in [0.05, 0.1) is 5.56 Å². The first-order valence-corrected chi connectivity index (χ1v) is 4.15. The Morgan fingerprint density at radius 2 is 1.86 bits per heavy atom. The maximum Gasteiger partial charge on any atom is 0.363 e. The van der Waals surface area contributed by atoms with Crippen LogP contribution in [0.1, 0.15) is 10.4 Å². The van der Waals surface area contributed by atoms with Crippen molar-refractivity contribution in [2.45, 2.75) is 0 Å². The highest BCUT2D eigenvalue weighted by Crippen LogP contribution is 1.99. The summed E-state index contributed by atoms with van der Waals surface area (Å²) in [6, 6.07) is 7.58. The highest BCUT2D eigenvalue weighted by Gasteiger charge is 2.07. The molecule has 5 nitrogen and oxygen atoms in total. The molecule has 0 bridgehead atoms. The average Bonchev–Trinajstić information content (AvgIpc) is 2.26. The van der Waals surface area contributed by atoms with E-state index < -0.39 is 12.0 Å². The Hall–Kier alpha value is -1.69. The zero-order valence-corrected chi connectivity index (χ0v) is 7.95. The summed E-state index contributed by atoms with van der Waals surface area (Å²) in [5.74, 6) is -0.637. The van der Waals surface area contributed by atoms with Gasteiger partial charge < -0.3 is 4.84 Å². The molecule has 6 heteroatoms. The predicted molar refractivity (Wildman–Crippen MR) is 52.5 cm³/mol. The largest absolute Gasteiger partial charge is 0.363 e. The van der Waals surface area contributed by atoms with E-state index in [1.54, 1.807) is 30.3 Å². The summed E-state index contributed by atoms with van der Waals surface area (Å²) in [5, 5.41) is 0. The Labute approximate surface area is 85.9 Å². The molecule has 1 aromatic carbocycles. The van der Waals surface area contributed by atoms with Crippen molar-refractivity contribution >= 4 is 24.8 Å². The number of carbonyl (C=O) groups is 2. The minimum atomic E-state index is -0.711. The van der Waals surface area contributed by atoms with Crippen LogP contribution in [0.2, 0.25) is 0 Å². The monoisotopic (exact) mass is 212 g/mol. The fraction of sp³-hybridized carbons (Fsp3) is 0. The number of urea groups is 1. The normalized spacial score (nSPS) is 8.93. The van der Waals surface area contributed by atoms with Crippen LogP contribution in [0.4, 0.5) is 4.79 Å². The summed E-state index contributed by atoms with van der Waals surface area (Å²) in [4.78, 5) is 26.2. The third kappa shape index (κ3) is 2.98. The van der Waals surface area contributed by atoms with Gasteiger partial charge in [0, 0.05) is 0 Å². The van der Waals surface area contributed by atoms with E-state index in [1.807, 2.05) is 10.2 Å². The fourth-order valence-corrected chi connectivity index (χ4v) is 0.794. The Bertz CT molecular complexity index is 329. The average molecular weight is 212 g/mol.